The zero-order valence-electron chi connectivity index (χ0n) is 10.2. The van der Waals surface area contributed by atoms with Crippen molar-refractivity contribution in [3.8, 4) is 0 Å². The molecule has 4 heteroatoms. The molecule has 1 amide bonds. The van der Waals surface area contributed by atoms with Crippen LogP contribution in [0.15, 0.2) is 24.3 Å². The van der Waals surface area contributed by atoms with Crippen LogP contribution in [-0.2, 0) is 19.7 Å². The second-order valence-electron chi connectivity index (χ2n) is 4.13. The molecule has 1 heterocycles. The molecule has 2 rings (SSSR count). The highest BCUT2D eigenvalue weighted by atomic mass is 16.5. The molecule has 0 aromatic heterocycles. The molecule has 1 aliphatic heterocycles. The highest BCUT2D eigenvalue weighted by molar-refractivity contribution is 6.20. The Morgan fingerprint density at radius 1 is 1.41 bits per heavy atom. The SMILES string of the molecule is CC[C@]1(C(=O)OC)C(=O)N(C)c2ccccc21. The van der Waals surface area contributed by atoms with Crippen molar-refractivity contribution in [1.29, 1.82) is 0 Å². The van der Waals surface area contributed by atoms with Crippen molar-refractivity contribution in [2.24, 2.45) is 0 Å². The monoisotopic (exact) mass is 233 g/mol. The van der Waals surface area contributed by atoms with Crippen molar-refractivity contribution in [3.63, 3.8) is 0 Å². The van der Waals surface area contributed by atoms with E-state index in [-0.39, 0.29) is 5.91 Å². The Bertz CT molecular complexity index is 483. The van der Waals surface area contributed by atoms with Gasteiger partial charge in [-0.1, -0.05) is 25.1 Å². The van der Waals surface area contributed by atoms with E-state index >= 15 is 0 Å². The van der Waals surface area contributed by atoms with E-state index in [2.05, 4.69) is 0 Å². The Morgan fingerprint density at radius 2 is 2.06 bits per heavy atom. The zero-order valence-corrected chi connectivity index (χ0v) is 10.2. The maximum absolute atomic E-state index is 12.3. The first-order valence-electron chi connectivity index (χ1n) is 5.55. The Hall–Kier alpha value is -1.84. The molecule has 4 nitrogen and oxygen atoms in total. The van der Waals surface area contributed by atoms with Crippen molar-refractivity contribution in [2.45, 2.75) is 18.8 Å². The third kappa shape index (κ3) is 1.30. The number of hydrogen-bond acceptors (Lipinski definition) is 3. The Balaban J connectivity index is 2.69. The van der Waals surface area contributed by atoms with E-state index in [1.807, 2.05) is 31.2 Å². The summed E-state index contributed by atoms with van der Waals surface area (Å²) < 4.78 is 4.82. The van der Waals surface area contributed by atoms with E-state index in [0.29, 0.717) is 6.42 Å². The van der Waals surface area contributed by atoms with Crippen LogP contribution >= 0.6 is 0 Å². The van der Waals surface area contributed by atoms with Crippen LogP contribution in [0.1, 0.15) is 18.9 Å². The fraction of sp³-hybridized carbons (Fsp3) is 0.385. The van der Waals surface area contributed by atoms with Crippen LogP contribution in [0.25, 0.3) is 0 Å². The van der Waals surface area contributed by atoms with Gasteiger partial charge in [0.25, 0.3) is 0 Å². The van der Waals surface area contributed by atoms with E-state index in [1.165, 1.54) is 12.0 Å². The van der Waals surface area contributed by atoms with Gasteiger partial charge >= 0.3 is 5.97 Å². The van der Waals surface area contributed by atoms with Gasteiger partial charge < -0.3 is 9.64 Å². The number of benzene rings is 1. The number of likely N-dealkylation sites (N-methyl/N-ethyl adjacent to an activating group) is 1. The first-order valence-corrected chi connectivity index (χ1v) is 5.55. The summed E-state index contributed by atoms with van der Waals surface area (Å²) >= 11 is 0. The maximum atomic E-state index is 12.3. The minimum absolute atomic E-state index is 0.215. The Kier molecular flexibility index (Phi) is 2.65. The largest absolute Gasteiger partial charge is 0.468 e. The van der Waals surface area contributed by atoms with E-state index in [9.17, 15) is 9.59 Å². The molecule has 0 unspecified atom stereocenters. The number of carbonyl (C=O) groups is 2. The summed E-state index contributed by atoms with van der Waals surface area (Å²) in [5.41, 5.74) is 0.353. The molecule has 90 valence electrons. The Labute approximate surface area is 100 Å². The third-order valence-corrected chi connectivity index (χ3v) is 3.46. The fourth-order valence-corrected chi connectivity index (χ4v) is 2.50. The van der Waals surface area contributed by atoms with Gasteiger partial charge in [0.15, 0.2) is 5.41 Å². The normalized spacial score (nSPS) is 22.5. The molecule has 0 aliphatic carbocycles. The molecular weight excluding hydrogens is 218 g/mol. The molecule has 0 saturated carbocycles. The first kappa shape index (κ1) is 11.6. The molecule has 0 N–H and O–H groups in total. The molecule has 17 heavy (non-hydrogen) atoms. The van der Waals surface area contributed by atoms with E-state index in [4.69, 9.17) is 4.74 Å². The van der Waals surface area contributed by atoms with Gasteiger partial charge in [-0.05, 0) is 12.5 Å². The van der Waals surface area contributed by atoms with Gasteiger partial charge in [0.05, 0.1) is 7.11 Å². The number of rotatable bonds is 2. The lowest BCUT2D eigenvalue weighted by Gasteiger charge is -2.23. The molecule has 1 atom stereocenters. The predicted molar refractivity (Wildman–Crippen MR) is 63.8 cm³/mol. The number of methoxy groups -OCH3 is 1. The van der Waals surface area contributed by atoms with Crippen LogP contribution in [0.2, 0.25) is 0 Å². The number of nitrogens with zero attached hydrogens (tertiary/aromatic N) is 1. The van der Waals surface area contributed by atoms with Crippen molar-refractivity contribution in [1.82, 2.24) is 0 Å². The zero-order chi connectivity index (χ0) is 12.6. The van der Waals surface area contributed by atoms with E-state index in [1.54, 1.807) is 7.05 Å². The molecule has 0 radical (unpaired) electrons. The number of amides is 1. The summed E-state index contributed by atoms with van der Waals surface area (Å²) in [5, 5.41) is 0. The lowest BCUT2D eigenvalue weighted by molar-refractivity contribution is -0.151. The topological polar surface area (TPSA) is 46.6 Å². The lowest BCUT2D eigenvalue weighted by atomic mass is 9.79. The number of ether oxygens (including phenoxy) is 1. The van der Waals surface area contributed by atoms with Crippen LogP contribution in [-0.4, -0.2) is 26.0 Å². The summed E-state index contributed by atoms with van der Waals surface area (Å²) in [6.07, 6.45) is 0.403. The highest BCUT2D eigenvalue weighted by Crippen LogP contribution is 2.43. The number of carbonyl (C=O) groups excluding carboxylic acids is 2. The van der Waals surface area contributed by atoms with E-state index < -0.39 is 11.4 Å². The van der Waals surface area contributed by atoms with Gasteiger partial charge in [-0.2, -0.15) is 0 Å². The number of para-hydroxylation sites is 1. The van der Waals surface area contributed by atoms with Crippen LogP contribution < -0.4 is 4.90 Å². The summed E-state index contributed by atoms with van der Waals surface area (Å²) in [6, 6.07) is 7.34. The van der Waals surface area contributed by atoms with Gasteiger partial charge in [0.1, 0.15) is 0 Å². The lowest BCUT2D eigenvalue weighted by Crippen LogP contribution is -2.45. The Morgan fingerprint density at radius 3 is 2.65 bits per heavy atom. The molecule has 1 aromatic carbocycles. The smallest absolute Gasteiger partial charge is 0.326 e. The van der Waals surface area contributed by atoms with Gasteiger partial charge in [0, 0.05) is 18.3 Å². The number of anilines is 1. The molecule has 0 spiro atoms. The number of hydrogen-bond donors (Lipinski definition) is 0. The molecule has 0 fully saturated rings. The summed E-state index contributed by atoms with van der Waals surface area (Å²) in [5.74, 6) is -0.699. The van der Waals surface area contributed by atoms with Gasteiger partial charge in [-0.25, -0.2) is 0 Å². The summed E-state index contributed by atoms with van der Waals surface area (Å²) in [4.78, 5) is 25.9. The summed E-state index contributed by atoms with van der Waals surface area (Å²) in [7, 11) is 3.00. The standard InChI is InChI=1S/C13H15NO3/c1-4-13(12(16)17-3)9-7-5-6-8-10(9)14(2)11(13)15/h5-8H,4H2,1-3H3/t13-/m1/s1. The van der Waals surface area contributed by atoms with Crippen molar-refractivity contribution >= 4 is 17.6 Å². The quantitative estimate of drug-likeness (QED) is 0.574. The number of fused-ring (bicyclic) bond motifs is 1. The third-order valence-electron chi connectivity index (χ3n) is 3.46. The van der Waals surface area contributed by atoms with Crippen molar-refractivity contribution in [3.05, 3.63) is 29.8 Å². The average molecular weight is 233 g/mol. The van der Waals surface area contributed by atoms with E-state index in [0.717, 1.165) is 11.3 Å². The summed E-state index contributed by atoms with van der Waals surface area (Å²) in [6.45, 7) is 1.82. The van der Waals surface area contributed by atoms with Crippen molar-refractivity contribution in [2.75, 3.05) is 19.1 Å². The fourth-order valence-electron chi connectivity index (χ4n) is 2.50. The van der Waals surface area contributed by atoms with Gasteiger partial charge in [-0.3, -0.25) is 9.59 Å². The first-order chi connectivity index (χ1) is 8.09. The van der Waals surface area contributed by atoms with Crippen LogP contribution in [0, 0.1) is 0 Å². The van der Waals surface area contributed by atoms with Crippen LogP contribution in [0.4, 0.5) is 5.69 Å². The number of esters is 1. The maximum Gasteiger partial charge on any atom is 0.326 e. The minimum Gasteiger partial charge on any atom is -0.468 e. The van der Waals surface area contributed by atoms with Gasteiger partial charge in [0.2, 0.25) is 5.91 Å². The second-order valence-corrected chi connectivity index (χ2v) is 4.13. The molecule has 1 aromatic rings. The van der Waals surface area contributed by atoms with Crippen LogP contribution in [0.3, 0.4) is 0 Å². The predicted octanol–water partition coefficient (Wildman–Crippen LogP) is 1.48. The molecule has 0 saturated heterocycles. The van der Waals surface area contributed by atoms with Crippen molar-refractivity contribution < 1.29 is 14.3 Å². The molecule has 0 bridgehead atoms. The van der Waals surface area contributed by atoms with Gasteiger partial charge in [-0.15, -0.1) is 0 Å². The minimum atomic E-state index is -1.17. The van der Waals surface area contributed by atoms with Crippen LogP contribution in [0.5, 0.6) is 0 Å². The average Bonchev–Trinajstić information content (AvgIpc) is 2.60. The highest BCUT2D eigenvalue weighted by Gasteiger charge is 2.54. The molecule has 1 aliphatic rings. The second kappa shape index (κ2) is 3.87. The molecular formula is C13H15NO3.